The second-order valence-corrected chi connectivity index (χ2v) is 8.48. The van der Waals surface area contributed by atoms with Gasteiger partial charge in [0, 0.05) is 10.1 Å². The van der Waals surface area contributed by atoms with Gasteiger partial charge in [-0.15, -0.1) is 11.8 Å². The van der Waals surface area contributed by atoms with Crippen LogP contribution in [-0.2, 0) is 9.59 Å². The van der Waals surface area contributed by atoms with E-state index >= 15 is 0 Å². The van der Waals surface area contributed by atoms with Crippen LogP contribution in [0.2, 0.25) is 0 Å². The topological polar surface area (TPSA) is 58.2 Å². The highest BCUT2D eigenvalue weighted by atomic mass is 32.2. The van der Waals surface area contributed by atoms with Crippen LogP contribution in [0.5, 0.6) is 0 Å². The van der Waals surface area contributed by atoms with Crippen molar-refractivity contribution in [1.82, 2.24) is 10.6 Å². The number of fused-ring (bicyclic) bond motifs is 1. The summed E-state index contributed by atoms with van der Waals surface area (Å²) < 4.78 is 38.2. The van der Waals surface area contributed by atoms with Gasteiger partial charge in [-0.1, -0.05) is 19.1 Å². The summed E-state index contributed by atoms with van der Waals surface area (Å²) in [5.41, 5.74) is 2.12. The highest BCUT2D eigenvalue weighted by Gasteiger charge is 2.46. The number of hydrogen-bond acceptors (Lipinski definition) is 3. The number of carbonyl (C=O) groups is 2. The molecule has 0 aromatic heterocycles. The Bertz CT molecular complexity index is 723. The predicted molar refractivity (Wildman–Crippen MR) is 92.7 cm³/mol. The average Bonchev–Trinajstić information content (AvgIpc) is 2.53. The summed E-state index contributed by atoms with van der Waals surface area (Å²) >= 11 is 1.74. The molecule has 0 radical (unpaired) electrons. The van der Waals surface area contributed by atoms with Gasteiger partial charge in [-0.3, -0.25) is 9.59 Å². The van der Waals surface area contributed by atoms with Gasteiger partial charge in [0.15, 0.2) is 0 Å². The van der Waals surface area contributed by atoms with Crippen LogP contribution in [0, 0.1) is 12.8 Å². The molecule has 142 valence electrons. The van der Waals surface area contributed by atoms with Crippen LogP contribution in [-0.4, -0.2) is 29.3 Å². The molecule has 2 N–H and O–H groups in total. The maximum absolute atomic E-state index is 12.7. The number of nitrogens with one attached hydrogen (secondary N) is 2. The summed E-state index contributed by atoms with van der Waals surface area (Å²) in [6, 6.07) is 3.90. The van der Waals surface area contributed by atoms with E-state index in [9.17, 15) is 22.8 Å². The van der Waals surface area contributed by atoms with E-state index in [2.05, 4.69) is 18.3 Å². The molecule has 0 bridgehead atoms. The van der Waals surface area contributed by atoms with Crippen molar-refractivity contribution in [3.63, 3.8) is 0 Å². The number of alkyl halides is 3. The second kappa shape index (κ2) is 7.13. The fourth-order valence-electron chi connectivity index (χ4n) is 3.47. The molecular formula is C18H21F3N2O2S. The van der Waals surface area contributed by atoms with E-state index in [1.165, 1.54) is 0 Å². The van der Waals surface area contributed by atoms with E-state index in [0.29, 0.717) is 11.7 Å². The van der Waals surface area contributed by atoms with Crippen molar-refractivity contribution in [1.29, 1.82) is 0 Å². The van der Waals surface area contributed by atoms with Gasteiger partial charge in [-0.2, -0.15) is 13.2 Å². The monoisotopic (exact) mass is 386 g/mol. The van der Waals surface area contributed by atoms with Crippen LogP contribution < -0.4 is 10.6 Å². The van der Waals surface area contributed by atoms with Crippen LogP contribution in [0.1, 0.15) is 43.4 Å². The van der Waals surface area contributed by atoms with Crippen molar-refractivity contribution in [3.8, 4) is 0 Å². The molecule has 1 aromatic rings. The zero-order valence-corrected chi connectivity index (χ0v) is 15.3. The van der Waals surface area contributed by atoms with Gasteiger partial charge in [0.1, 0.15) is 12.0 Å². The van der Waals surface area contributed by atoms with Gasteiger partial charge in [0.25, 0.3) is 0 Å². The molecule has 2 heterocycles. The molecule has 8 heteroatoms. The minimum atomic E-state index is -4.48. The minimum Gasteiger partial charge on any atom is -0.349 e. The lowest BCUT2D eigenvalue weighted by molar-refractivity contribution is -0.171. The number of thioether (sulfide) groups is 1. The summed E-state index contributed by atoms with van der Waals surface area (Å²) in [5.74, 6) is -2.43. The Morgan fingerprint density at radius 2 is 2.04 bits per heavy atom. The zero-order chi connectivity index (χ0) is 19.1. The summed E-state index contributed by atoms with van der Waals surface area (Å²) in [7, 11) is 0. The Balaban J connectivity index is 1.70. The van der Waals surface area contributed by atoms with Crippen LogP contribution in [0.3, 0.4) is 0 Å². The van der Waals surface area contributed by atoms with Gasteiger partial charge in [0.2, 0.25) is 11.8 Å². The van der Waals surface area contributed by atoms with E-state index < -0.39 is 30.0 Å². The maximum atomic E-state index is 12.7. The summed E-state index contributed by atoms with van der Waals surface area (Å²) in [5, 5.41) is 5.11. The molecule has 1 aromatic carbocycles. The maximum Gasteiger partial charge on any atom is 0.408 e. The largest absolute Gasteiger partial charge is 0.408 e. The molecule has 4 unspecified atom stereocenters. The van der Waals surface area contributed by atoms with E-state index in [0.717, 1.165) is 16.0 Å². The van der Waals surface area contributed by atoms with Crippen molar-refractivity contribution in [3.05, 3.63) is 29.3 Å². The lowest BCUT2D eigenvalue weighted by Crippen LogP contribution is -2.54. The van der Waals surface area contributed by atoms with Crippen LogP contribution >= 0.6 is 11.8 Å². The van der Waals surface area contributed by atoms with Gasteiger partial charge >= 0.3 is 6.18 Å². The fraction of sp³-hybridized carbons (Fsp3) is 0.556. The Morgan fingerprint density at radius 3 is 2.69 bits per heavy atom. The van der Waals surface area contributed by atoms with Gasteiger partial charge in [0.05, 0.1) is 6.04 Å². The van der Waals surface area contributed by atoms with Crippen molar-refractivity contribution < 1.29 is 22.8 Å². The molecule has 26 heavy (non-hydrogen) atoms. The normalized spacial score (nSPS) is 28.9. The van der Waals surface area contributed by atoms with Gasteiger partial charge in [-0.25, -0.2) is 0 Å². The van der Waals surface area contributed by atoms with Gasteiger partial charge < -0.3 is 10.6 Å². The van der Waals surface area contributed by atoms with E-state index in [1.54, 1.807) is 11.8 Å². The molecule has 1 saturated heterocycles. The minimum absolute atomic E-state index is 0.0976. The molecule has 0 aliphatic carbocycles. The number of carbonyl (C=O) groups excluding carboxylic acids is 2. The number of hydrogen-bond donors (Lipinski definition) is 2. The number of aryl methyl sites for hydroxylation is 1. The molecule has 2 amide bonds. The molecule has 0 spiro atoms. The molecule has 4 nitrogen and oxygen atoms in total. The molecule has 4 atom stereocenters. The predicted octanol–water partition coefficient (Wildman–Crippen LogP) is 3.49. The second-order valence-electron chi connectivity index (χ2n) is 7.00. The third-order valence-corrected chi connectivity index (χ3v) is 6.05. The van der Waals surface area contributed by atoms with Gasteiger partial charge in [-0.05, 0) is 43.4 Å². The lowest BCUT2D eigenvalue weighted by Gasteiger charge is -2.33. The SMILES string of the molecule is Cc1ccc2c(c1)SC(C)CC2NC(=O)C1CCC(C(F)(F)F)NC1=O. The molecule has 2 aliphatic heterocycles. The molecule has 1 fully saturated rings. The number of amides is 2. The number of halogens is 3. The van der Waals surface area contributed by atoms with Crippen LogP contribution in [0.25, 0.3) is 0 Å². The third kappa shape index (κ3) is 4.00. The summed E-state index contributed by atoms with van der Waals surface area (Å²) in [6.45, 7) is 4.06. The van der Waals surface area contributed by atoms with Crippen LogP contribution in [0.15, 0.2) is 23.1 Å². The summed E-state index contributed by atoms with van der Waals surface area (Å²) in [4.78, 5) is 25.7. The smallest absolute Gasteiger partial charge is 0.349 e. The quantitative estimate of drug-likeness (QED) is 0.765. The Kier molecular flexibility index (Phi) is 5.23. The highest BCUT2D eigenvalue weighted by Crippen LogP contribution is 2.41. The lowest BCUT2D eigenvalue weighted by atomic mass is 9.91. The van der Waals surface area contributed by atoms with E-state index in [1.807, 2.05) is 24.4 Å². The molecule has 3 rings (SSSR count). The molecule has 2 aliphatic rings. The Morgan fingerprint density at radius 1 is 1.31 bits per heavy atom. The zero-order valence-electron chi connectivity index (χ0n) is 14.5. The first kappa shape index (κ1) is 19.1. The first-order chi connectivity index (χ1) is 12.1. The van der Waals surface area contributed by atoms with Crippen molar-refractivity contribution in [2.45, 2.75) is 61.5 Å². The molecular weight excluding hydrogens is 365 g/mol. The van der Waals surface area contributed by atoms with E-state index in [-0.39, 0.29) is 18.9 Å². The Hall–Kier alpha value is -1.70. The van der Waals surface area contributed by atoms with Crippen molar-refractivity contribution in [2.75, 3.05) is 0 Å². The van der Waals surface area contributed by atoms with Crippen LogP contribution in [0.4, 0.5) is 13.2 Å². The average molecular weight is 386 g/mol. The summed E-state index contributed by atoms with van der Waals surface area (Å²) in [6.07, 6.45) is -4.14. The third-order valence-electron chi connectivity index (χ3n) is 4.85. The molecule has 0 saturated carbocycles. The first-order valence-corrected chi connectivity index (χ1v) is 9.48. The highest BCUT2D eigenvalue weighted by molar-refractivity contribution is 8.00. The van der Waals surface area contributed by atoms with E-state index in [4.69, 9.17) is 0 Å². The van der Waals surface area contributed by atoms with Crippen molar-refractivity contribution in [2.24, 2.45) is 5.92 Å². The number of piperidine rings is 1. The number of rotatable bonds is 2. The first-order valence-electron chi connectivity index (χ1n) is 8.60. The Labute approximate surface area is 154 Å². The number of benzene rings is 1. The standard InChI is InChI=1S/C18H21F3N2O2S/c1-9-3-4-11-13(8-10(2)26-14(11)7-9)22-16(24)12-5-6-15(18(19,20)21)23-17(12)25/h3-4,7,10,12-13,15H,5-6,8H2,1-2H3,(H,22,24)(H,23,25). The fourth-order valence-corrected chi connectivity index (χ4v) is 4.79. The van der Waals surface area contributed by atoms with Crippen molar-refractivity contribution >= 4 is 23.6 Å².